The number of carbonyl (C=O) groups is 2. The third kappa shape index (κ3) is 4.70. The number of likely N-dealkylation sites (tertiary alicyclic amines) is 2. The molecule has 174 valence electrons. The van der Waals surface area contributed by atoms with Gasteiger partial charge in [0.25, 0.3) is 5.91 Å². The van der Waals surface area contributed by atoms with Crippen molar-refractivity contribution in [2.75, 3.05) is 39.8 Å². The van der Waals surface area contributed by atoms with Crippen molar-refractivity contribution in [2.45, 2.75) is 42.1 Å². The molecule has 10 heteroatoms. The third-order valence-corrected chi connectivity index (χ3v) is 7.80. The summed E-state index contributed by atoms with van der Waals surface area (Å²) in [6.07, 6.45) is 3.43. The minimum atomic E-state index is -0.656. The lowest BCUT2D eigenvalue weighted by atomic mass is 9.99. The number of hydrogen-bond donors (Lipinski definition) is 2. The second-order valence-electron chi connectivity index (χ2n) is 9.03. The summed E-state index contributed by atoms with van der Waals surface area (Å²) < 4.78 is 16.4. The summed E-state index contributed by atoms with van der Waals surface area (Å²) in [4.78, 5) is 44.0. The van der Waals surface area contributed by atoms with Gasteiger partial charge < -0.3 is 15.2 Å². The second-order valence-corrected chi connectivity index (χ2v) is 11.6. The minimum absolute atomic E-state index is 0.0810. The number of nitrogens with zero attached hydrogens (tertiary/aromatic N) is 3. The summed E-state index contributed by atoms with van der Waals surface area (Å²) in [5.41, 5.74) is 0.505. The predicted molar refractivity (Wildman–Crippen MR) is 129 cm³/mol. The number of rotatable bonds is 4. The van der Waals surface area contributed by atoms with Crippen molar-refractivity contribution in [3.8, 4) is 0 Å². The molecule has 0 aliphatic carbocycles. The van der Waals surface area contributed by atoms with Gasteiger partial charge in [-0.2, -0.15) is 0 Å². The minimum Gasteiger partial charge on any atom is -0.355 e. The highest BCUT2D eigenvalue weighted by Gasteiger charge is 2.31. The second kappa shape index (κ2) is 9.12. The molecule has 2 aromatic rings. The molecule has 0 unspecified atom stereocenters. The molecule has 2 aliphatic rings. The first-order chi connectivity index (χ1) is 15.2. The fourth-order valence-electron chi connectivity index (χ4n) is 4.67. The Balaban J connectivity index is 1.41. The van der Waals surface area contributed by atoms with E-state index in [4.69, 9.17) is 0 Å². The van der Waals surface area contributed by atoms with Crippen molar-refractivity contribution >= 4 is 45.4 Å². The van der Waals surface area contributed by atoms with Crippen LogP contribution in [0.25, 0.3) is 11.0 Å². The van der Waals surface area contributed by atoms with Crippen LogP contribution in [-0.2, 0) is 4.79 Å². The highest BCUT2D eigenvalue weighted by molar-refractivity contribution is 14.1. The summed E-state index contributed by atoms with van der Waals surface area (Å²) in [5, 5.41) is 2.40. The molecule has 2 fully saturated rings. The van der Waals surface area contributed by atoms with Gasteiger partial charge in [-0.25, -0.2) is 9.18 Å². The number of hydrogen-bond acceptors (Lipinski definition) is 4. The topological polar surface area (TPSA) is 90.4 Å². The Bertz CT molecular complexity index is 1080. The molecular weight excluding hydrogens is 528 g/mol. The van der Waals surface area contributed by atoms with Crippen molar-refractivity contribution < 1.29 is 14.0 Å². The van der Waals surface area contributed by atoms with Crippen LogP contribution in [0.1, 0.15) is 49.0 Å². The van der Waals surface area contributed by atoms with Crippen LogP contribution in [0.5, 0.6) is 0 Å². The number of fused-ring (bicyclic) bond motifs is 1. The van der Waals surface area contributed by atoms with E-state index < -0.39 is 11.7 Å². The van der Waals surface area contributed by atoms with Crippen molar-refractivity contribution in [2.24, 2.45) is 0 Å². The average molecular weight is 557 g/mol. The molecule has 1 aromatic heterocycles. The van der Waals surface area contributed by atoms with Crippen LogP contribution in [0.2, 0.25) is 0 Å². The first-order valence-corrected chi connectivity index (χ1v) is 12.1. The molecule has 8 nitrogen and oxygen atoms in total. The Morgan fingerprint density at radius 2 is 1.88 bits per heavy atom. The van der Waals surface area contributed by atoms with Gasteiger partial charge in [-0.1, -0.05) is 29.5 Å². The zero-order chi connectivity index (χ0) is 23.0. The fourth-order valence-corrected chi connectivity index (χ4v) is 5.15. The lowest BCUT2D eigenvalue weighted by Crippen LogP contribution is -2.48. The monoisotopic (exact) mass is 557 g/mol. The van der Waals surface area contributed by atoms with E-state index in [1.165, 1.54) is 19.2 Å². The Morgan fingerprint density at radius 1 is 1.22 bits per heavy atom. The van der Waals surface area contributed by atoms with Crippen LogP contribution in [0, 0.1) is 5.82 Å². The molecule has 1 aromatic carbocycles. The fraction of sp³-hybridized carbons (Fsp3) is 0.591. The Kier molecular flexibility index (Phi) is 6.62. The molecule has 0 bridgehead atoms. The van der Waals surface area contributed by atoms with E-state index in [9.17, 15) is 18.8 Å². The molecule has 4 rings (SSSR count). The number of carbonyl (C=O) groups excluding carboxylic acids is 2. The smallest absolute Gasteiger partial charge is 0.326 e. The number of alkyl halides is 1. The molecular formula is C22H29FIN5O3. The van der Waals surface area contributed by atoms with Gasteiger partial charge in [0.2, 0.25) is 5.91 Å². The van der Waals surface area contributed by atoms with Crippen LogP contribution >= 0.6 is 22.6 Å². The molecule has 0 radical (unpaired) electrons. The van der Waals surface area contributed by atoms with E-state index in [0.29, 0.717) is 43.5 Å². The Morgan fingerprint density at radius 3 is 2.50 bits per heavy atom. The number of amides is 2. The average Bonchev–Trinajstić information content (AvgIpc) is 3.07. The van der Waals surface area contributed by atoms with Gasteiger partial charge in [0, 0.05) is 48.8 Å². The van der Waals surface area contributed by atoms with E-state index in [-0.39, 0.29) is 26.6 Å². The maximum atomic E-state index is 14.5. The number of aromatic nitrogens is 2. The van der Waals surface area contributed by atoms with E-state index in [2.05, 4.69) is 44.7 Å². The summed E-state index contributed by atoms with van der Waals surface area (Å²) in [6, 6.07) is 2.56. The summed E-state index contributed by atoms with van der Waals surface area (Å²) in [5.74, 6) is -1.02. The number of nitrogens with one attached hydrogen (secondary N) is 2. The third-order valence-electron chi connectivity index (χ3n) is 6.72. The zero-order valence-corrected chi connectivity index (χ0v) is 20.6. The lowest BCUT2D eigenvalue weighted by molar-refractivity contribution is -0.133. The van der Waals surface area contributed by atoms with Crippen LogP contribution in [0.3, 0.4) is 0 Å². The maximum Gasteiger partial charge on any atom is 0.326 e. The highest BCUT2D eigenvalue weighted by atomic mass is 127. The quantitative estimate of drug-likeness (QED) is 0.446. The maximum absolute atomic E-state index is 14.5. The molecule has 2 N–H and O–H groups in total. The highest BCUT2D eigenvalue weighted by Crippen LogP contribution is 2.31. The molecule has 2 saturated heterocycles. The Labute approximate surface area is 199 Å². The van der Waals surface area contributed by atoms with E-state index in [1.807, 2.05) is 4.90 Å². The number of halogens is 2. The first kappa shape index (κ1) is 23.2. The van der Waals surface area contributed by atoms with Crippen molar-refractivity contribution in [1.29, 1.82) is 0 Å². The number of benzene rings is 1. The van der Waals surface area contributed by atoms with Gasteiger partial charge in [-0.3, -0.25) is 19.1 Å². The van der Waals surface area contributed by atoms with Crippen LogP contribution in [-0.4, -0.2) is 74.4 Å². The van der Waals surface area contributed by atoms with Crippen molar-refractivity contribution in [1.82, 2.24) is 24.7 Å². The molecule has 2 amide bonds. The standard InChI is InChI=1S/C22H29FIN5O3/c1-22(24)5-9-28(10-6-22)19(30)13-27-7-3-14(4-8-27)29-18-12-16(23)15(20(31)25-2)11-17(18)26-21(29)32/h11-12,14H,3-10,13H2,1-2H3,(H,25,31)(H,26,32). The number of aromatic amines is 1. The van der Waals surface area contributed by atoms with Gasteiger partial charge in [0.15, 0.2) is 0 Å². The molecule has 32 heavy (non-hydrogen) atoms. The molecule has 2 aliphatic heterocycles. The van der Waals surface area contributed by atoms with Gasteiger partial charge in [-0.05, 0) is 31.7 Å². The van der Waals surface area contributed by atoms with E-state index in [0.717, 1.165) is 25.9 Å². The number of piperidine rings is 2. The molecule has 0 saturated carbocycles. The van der Waals surface area contributed by atoms with Gasteiger partial charge in [0.1, 0.15) is 5.82 Å². The van der Waals surface area contributed by atoms with Gasteiger partial charge >= 0.3 is 5.69 Å². The SMILES string of the molecule is CNC(=O)c1cc2[nH]c(=O)n(C3CCN(CC(=O)N4CCC(C)(I)CC4)CC3)c2cc1F. The molecule has 0 atom stereocenters. The summed E-state index contributed by atoms with van der Waals surface area (Å²) in [7, 11) is 1.43. The number of H-pyrrole nitrogens is 1. The van der Waals surface area contributed by atoms with Crippen LogP contribution < -0.4 is 11.0 Å². The first-order valence-electron chi connectivity index (χ1n) is 11.0. The zero-order valence-electron chi connectivity index (χ0n) is 18.4. The molecule has 0 spiro atoms. The summed E-state index contributed by atoms with van der Waals surface area (Å²) >= 11 is 2.48. The number of imidazole rings is 1. The van der Waals surface area contributed by atoms with Crippen molar-refractivity contribution in [3.05, 3.63) is 34.0 Å². The normalized spacial score (nSPS) is 19.9. The van der Waals surface area contributed by atoms with Gasteiger partial charge in [0.05, 0.1) is 23.1 Å². The lowest BCUT2D eigenvalue weighted by Gasteiger charge is -2.38. The van der Waals surface area contributed by atoms with E-state index in [1.54, 1.807) is 4.57 Å². The predicted octanol–water partition coefficient (Wildman–Crippen LogP) is 2.28. The van der Waals surface area contributed by atoms with E-state index >= 15 is 0 Å². The van der Waals surface area contributed by atoms with Crippen LogP contribution in [0.4, 0.5) is 4.39 Å². The largest absolute Gasteiger partial charge is 0.355 e. The van der Waals surface area contributed by atoms with Gasteiger partial charge in [-0.15, -0.1) is 0 Å². The summed E-state index contributed by atoms with van der Waals surface area (Å²) in [6.45, 7) is 5.65. The molecule has 3 heterocycles. The Hall–Kier alpha value is -1.95. The van der Waals surface area contributed by atoms with Crippen molar-refractivity contribution in [3.63, 3.8) is 0 Å². The van der Waals surface area contributed by atoms with Crippen LogP contribution in [0.15, 0.2) is 16.9 Å².